The Morgan fingerprint density at radius 2 is 1.74 bits per heavy atom. The van der Waals surface area contributed by atoms with Crippen molar-refractivity contribution < 1.29 is 0 Å². The fraction of sp³-hybridized carbons (Fsp3) is 0.0526. The highest BCUT2D eigenvalue weighted by Crippen LogP contribution is 2.24. The van der Waals surface area contributed by atoms with Crippen molar-refractivity contribution in [2.24, 2.45) is 0 Å². The Morgan fingerprint density at radius 1 is 1.04 bits per heavy atom. The summed E-state index contributed by atoms with van der Waals surface area (Å²) >= 11 is 5.93. The molecule has 0 spiro atoms. The summed E-state index contributed by atoms with van der Waals surface area (Å²) in [4.78, 5) is 0. The number of aromatic nitrogens is 1. The molecule has 0 saturated carbocycles. The molecule has 3 nitrogen and oxygen atoms in total. The summed E-state index contributed by atoms with van der Waals surface area (Å²) in [6.07, 6.45) is 3.59. The summed E-state index contributed by atoms with van der Waals surface area (Å²) < 4.78 is 2.11. The van der Waals surface area contributed by atoms with Crippen molar-refractivity contribution >= 4 is 28.6 Å². The zero-order valence-corrected chi connectivity index (χ0v) is 13.0. The maximum absolute atomic E-state index is 8.97. The highest BCUT2D eigenvalue weighted by Gasteiger charge is 2.08. The van der Waals surface area contributed by atoms with Crippen LogP contribution >= 0.6 is 11.6 Å². The van der Waals surface area contributed by atoms with Gasteiger partial charge in [0.15, 0.2) is 0 Å². The molecule has 110 valence electrons. The van der Waals surface area contributed by atoms with Crippen LogP contribution in [0.2, 0.25) is 5.02 Å². The fourth-order valence-corrected chi connectivity index (χ4v) is 2.68. The SMILES string of the molecule is N#CC(C#N)=Cc1cn(Cc2ccc(Cl)cc2)c2ccccc12. The summed E-state index contributed by atoms with van der Waals surface area (Å²) in [6, 6.07) is 19.5. The minimum Gasteiger partial charge on any atom is -0.342 e. The normalized spacial score (nSPS) is 10.0. The van der Waals surface area contributed by atoms with Gasteiger partial charge in [-0.05, 0) is 29.8 Å². The van der Waals surface area contributed by atoms with Crippen molar-refractivity contribution in [2.75, 3.05) is 0 Å². The standard InChI is InChI=1S/C19H12ClN3/c20-17-7-5-14(6-8-17)12-23-13-16(9-15(10-21)11-22)18-3-1-2-4-19(18)23/h1-9,13H,12H2. The molecule has 0 radical (unpaired) electrons. The zero-order chi connectivity index (χ0) is 16.2. The van der Waals surface area contributed by atoms with Crippen LogP contribution in [0.5, 0.6) is 0 Å². The number of halogens is 1. The molecule has 0 unspecified atom stereocenters. The van der Waals surface area contributed by atoms with Gasteiger partial charge in [0.1, 0.15) is 17.7 Å². The van der Waals surface area contributed by atoms with E-state index < -0.39 is 0 Å². The third kappa shape index (κ3) is 3.11. The van der Waals surface area contributed by atoms with Crippen molar-refractivity contribution in [3.05, 3.63) is 76.5 Å². The second kappa shape index (κ2) is 6.40. The van der Waals surface area contributed by atoms with Crippen LogP contribution in [0, 0.1) is 22.7 Å². The molecule has 3 rings (SSSR count). The number of allylic oxidation sites excluding steroid dienone is 1. The van der Waals surface area contributed by atoms with Gasteiger partial charge in [-0.15, -0.1) is 0 Å². The van der Waals surface area contributed by atoms with Crippen LogP contribution in [0.1, 0.15) is 11.1 Å². The lowest BCUT2D eigenvalue weighted by Gasteiger charge is -2.05. The van der Waals surface area contributed by atoms with E-state index in [1.54, 1.807) is 6.08 Å². The Morgan fingerprint density at radius 3 is 2.43 bits per heavy atom. The minimum atomic E-state index is 0.0967. The molecule has 4 heteroatoms. The smallest absolute Gasteiger partial charge is 0.130 e. The second-order valence-electron chi connectivity index (χ2n) is 5.14. The molecule has 0 fully saturated rings. The van der Waals surface area contributed by atoms with Crippen LogP contribution in [-0.4, -0.2) is 4.57 Å². The molecule has 0 bridgehead atoms. The molecule has 1 aromatic heterocycles. The summed E-state index contributed by atoms with van der Waals surface area (Å²) in [6.45, 7) is 0.694. The van der Waals surface area contributed by atoms with Crippen LogP contribution in [0.3, 0.4) is 0 Å². The minimum absolute atomic E-state index is 0.0967. The van der Waals surface area contributed by atoms with Crippen molar-refractivity contribution in [3.8, 4) is 12.1 Å². The number of nitrogens with zero attached hydrogens (tertiary/aromatic N) is 3. The highest BCUT2D eigenvalue weighted by molar-refractivity contribution is 6.30. The molecule has 0 atom stereocenters. The first-order valence-corrected chi connectivity index (χ1v) is 7.43. The number of benzene rings is 2. The topological polar surface area (TPSA) is 52.5 Å². The van der Waals surface area contributed by atoms with E-state index >= 15 is 0 Å². The first-order valence-electron chi connectivity index (χ1n) is 7.05. The Kier molecular flexibility index (Phi) is 4.15. The van der Waals surface area contributed by atoms with Crippen molar-refractivity contribution in [3.63, 3.8) is 0 Å². The van der Waals surface area contributed by atoms with E-state index in [4.69, 9.17) is 22.1 Å². The number of nitriles is 2. The number of para-hydroxylation sites is 1. The maximum atomic E-state index is 8.97. The van der Waals surface area contributed by atoms with Gasteiger partial charge in [-0.3, -0.25) is 0 Å². The summed E-state index contributed by atoms with van der Waals surface area (Å²) in [5, 5.41) is 19.7. The van der Waals surface area contributed by atoms with Gasteiger partial charge in [0, 0.05) is 34.2 Å². The molecule has 23 heavy (non-hydrogen) atoms. The van der Waals surface area contributed by atoms with E-state index in [-0.39, 0.29) is 5.57 Å². The number of hydrogen-bond acceptors (Lipinski definition) is 2. The third-order valence-electron chi connectivity index (χ3n) is 3.63. The van der Waals surface area contributed by atoms with Gasteiger partial charge >= 0.3 is 0 Å². The summed E-state index contributed by atoms with van der Waals surface area (Å²) in [7, 11) is 0. The quantitative estimate of drug-likeness (QED) is 0.653. The Bertz CT molecular complexity index is 951. The maximum Gasteiger partial charge on any atom is 0.130 e. The van der Waals surface area contributed by atoms with Gasteiger partial charge in [0.2, 0.25) is 0 Å². The van der Waals surface area contributed by atoms with E-state index in [1.165, 1.54) is 0 Å². The molecule has 0 N–H and O–H groups in total. The van der Waals surface area contributed by atoms with Gasteiger partial charge in [0.05, 0.1) is 0 Å². The van der Waals surface area contributed by atoms with Crippen LogP contribution in [-0.2, 0) is 6.54 Å². The lowest BCUT2D eigenvalue weighted by atomic mass is 10.1. The zero-order valence-electron chi connectivity index (χ0n) is 12.2. The molecule has 1 heterocycles. The molecular weight excluding hydrogens is 306 g/mol. The lowest BCUT2D eigenvalue weighted by molar-refractivity contribution is 0.836. The summed E-state index contributed by atoms with van der Waals surface area (Å²) in [5.74, 6) is 0. The van der Waals surface area contributed by atoms with Crippen molar-refractivity contribution in [1.82, 2.24) is 4.57 Å². The number of rotatable bonds is 3. The number of hydrogen-bond donors (Lipinski definition) is 0. The molecular formula is C19H12ClN3. The van der Waals surface area contributed by atoms with E-state index in [1.807, 2.05) is 66.9 Å². The molecule has 0 saturated heterocycles. The second-order valence-corrected chi connectivity index (χ2v) is 5.57. The number of fused-ring (bicyclic) bond motifs is 1. The van der Waals surface area contributed by atoms with Gasteiger partial charge in [0.25, 0.3) is 0 Å². The van der Waals surface area contributed by atoms with E-state index in [9.17, 15) is 0 Å². The largest absolute Gasteiger partial charge is 0.342 e. The van der Waals surface area contributed by atoms with E-state index in [2.05, 4.69) is 4.57 Å². The van der Waals surface area contributed by atoms with Crippen LogP contribution in [0.15, 0.2) is 60.3 Å². The van der Waals surface area contributed by atoms with Gasteiger partial charge < -0.3 is 4.57 Å². The van der Waals surface area contributed by atoms with Gasteiger partial charge in [-0.2, -0.15) is 10.5 Å². The highest BCUT2D eigenvalue weighted by atomic mass is 35.5. The van der Waals surface area contributed by atoms with Gasteiger partial charge in [-0.1, -0.05) is 41.9 Å². The monoisotopic (exact) mass is 317 g/mol. The Balaban J connectivity index is 2.08. The molecule has 0 aliphatic rings. The Hall–Kier alpha value is -3.01. The molecule has 3 aromatic rings. The molecule has 0 aliphatic heterocycles. The Labute approximate surface area is 139 Å². The van der Waals surface area contributed by atoms with Gasteiger partial charge in [-0.25, -0.2) is 0 Å². The van der Waals surface area contributed by atoms with Crippen LogP contribution in [0.25, 0.3) is 17.0 Å². The first kappa shape index (κ1) is 14.9. The predicted octanol–water partition coefficient (Wildman–Crippen LogP) is 4.77. The fourth-order valence-electron chi connectivity index (χ4n) is 2.55. The molecule has 0 aliphatic carbocycles. The van der Waals surface area contributed by atoms with Crippen molar-refractivity contribution in [1.29, 1.82) is 10.5 Å². The van der Waals surface area contributed by atoms with E-state index in [0.29, 0.717) is 11.6 Å². The third-order valence-corrected chi connectivity index (χ3v) is 3.88. The average molecular weight is 318 g/mol. The van der Waals surface area contributed by atoms with E-state index in [0.717, 1.165) is 22.0 Å². The van der Waals surface area contributed by atoms with Crippen molar-refractivity contribution in [2.45, 2.75) is 6.54 Å². The predicted molar refractivity (Wildman–Crippen MR) is 91.7 cm³/mol. The molecule has 0 amide bonds. The van der Waals surface area contributed by atoms with Crippen LogP contribution in [0.4, 0.5) is 0 Å². The molecule has 2 aromatic carbocycles. The van der Waals surface area contributed by atoms with Crippen LogP contribution < -0.4 is 0 Å². The first-order chi connectivity index (χ1) is 11.2. The average Bonchev–Trinajstić information content (AvgIpc) is 2.92. The summed E-state index contributed by atoms with van der Waals surface area (Å²) in [5.41, 5.74) is 3.16. The lowest BCUT2D eigenvalue weighted by Crippen LogP contribution is -1.97.